The number of carboxylic acid groups (broad SMARTS) is 1. The average molecular weight is 671 g/mol. The molecule has 3 aliphatic rings. The standard InChI is InChI=1S/C32H38N12O3S/c1-17(12-33)36-25-11-26(27-10-9-21-13-35-30(42-44(21)27)38-23-5-3-4-6-24(23)39-32(46)47)34-14-22(25)29-40-41-31(48-29)43-15-19-7-8-20(16-43)28(19)37-18(2)45/h9-11,13-14,17,19-20,23-24,28,39H,3-8,15-16H2,1-2H3,(H,34,36)(H,37,45)(H,38,42)(H,46,47)/t17-,19-,20+,23-,24+,28?/m1/s1. The quantitative estimate of drug-likeness (QED) is 0.172. The van der Waals surface area contributed by atoms with E-state index >= 15 is 0 Å². The van der Waals surface area contributed by atoms with Crippen molar-refractivity contribution in [3.8, 4) is 28.0 Å². The van der Waals surface area contributed by atoms with Crippen LogP contribution < -0.4 is 26.2 Å². The molecule has 16 heteroatoms. The molecule has 5 N–H and O–H groups in total. The van der Waals surface area contributed by atoms with Crippen molar-refractivity contribution < 1.29 is 14.7 Å². The van der Waals surface area contributed by atoms with E-state index in [9.17, 15) is 20.0 Å². The molecule has 7 rings (SSSR count). The Hall–Kier alpha value is -5.04. The van der Waals surface area contributed by atoms with Crippen LogP contribution in [0.2, 0.25) is 0 Å². The van der Waals surface area contributed by atoms with Crippen molar-refractivity contribution in [3.63, 3.8) is 0 Å². The Labute approximate surface area is 281 Å². The van der Waals surface area contributed by atoms with Crippen LogP contribution in [0.4, 0.5) is 21.6 Å². The van der Waals surface area contributed by atoms with Crippen LogP contribution in [0.5, 0.6) is 0 Å². The van der Waals surface area contributed by atoms with Gasteiger partial charge in [-0.25, -0.2) is 14.3 Å². The van der Waals surface area contributed by atoms with E-state index in [4.69, 9.17) is 10.1 Å². The van der Waals surface area contributed by atoms with Crippen LogP contribution in [0.15, 0.2) is 30.6 Å². The molecule has 2 amide bonds. The van der Waals surface area contributed by atoms with Crippen LogP contribution in [0.1, 0.15) is 52.4 Å². The van der Waals surface area contributed by atoms with Gasteiger partial charge in [0.05, 0.1) is 40.8 Å². The first kappa shape index (κ1) is 31.6. The van der Waals surface area contributed by atoms with Crippen molar-refractivity contribution in [1.29, 1.82) is 5.26 Å². The summed E-state index contributed by atoms with van der Waals surface area (Å²) in [5, 5.41) is 46.8. The Morgan fingerprint density at radius 1 is 1.04 bits per heavy atom. The van der Waals surface area contributed by atoms with Gasteiger partial charge in [0.2, 0.25) is 17.0 Å². The van der Waals surface area contributed by atoms with Gasteiger partial charge in [-0.1, -0.05) is 24.2 Å². The highest BCUT2D eigenvalue weighted by Gasteiger charge is 2.43. The fourth-order valence-electron chi connectivity index (χ4n) is 7.41. The third-order valence-electron chi connectivity index (χ3n) is 9.64. The van der Waals surface area contributed by atoms with Crippen molar-refractivity contribution in [2.75, 3.05) is 28.6 Å². The lowest BCUT2D eigenvalue weighted by Gasteiger charge is -2.37. The molecule has 4 aromatic rings. The zero-order chi connectivity index (χ0) is 33.4. The predicted octanol–water partition coefficient (Wildman–Crippen LogP) is 3.98. The molecule has 4 aromatic heterocycles. The van der Waals surface area contributed by atoms with Gasteiger partial charge in [0.1, 0.15) is 6.04 Å². The molecular weight excluding hydrogens is 632 g/mol. The molecule has 6 atom stereocenters. The Morgan fingerprint density at radius 3 is 2.54 bits per heavy atom. The first-order valence-corrected chi connectivity index (χ1v) is 17.2. The Bertz CT molecular complexity index is 1860. The molecule has 5 heterocycles. The molecule has 2 bridgehead atoms. The highest BCUT2D eigenvalue weighted by molar-refractivity contribution is 7.18. The zero-order valence-electron chi connectivity index (χ0n) is 26.8. The van der Waals surface area contributed by atoms with E-state index < -0.39 is 12.1 Å². The number of nitrogens with zero attached hydrogens (tertiary/aromatic N) is 8. The van der Waals surface area contributed by atoms with Crippen molar-refractivity contribution in [2.24, 2.45) is 11.8 Å². The number of nitrogens with one attached hydrogen (secondary N) is 4. The van der Waals surface area contributed by atoms with Gasteiger partial charge in [-0.05, 0) is 62.6 Å². The summed E-state index contributed by atoms with van der Waals surface area (Å²) in [5.41, 5.74) is 3.59. The smallest absolute Gasteiger partial charge is 0.404 e. The van der Waals surface area contributed by atoms with Crippen molar-refractivity contribution in [1.82, 2.24) is 40.4 Å². The summed E-state index contributed by atoms with van der Waals surface area (Å²) in [7, 11) is 0. The number of piperidine rings is 1. The minimum absolute atomic E-state index is 0.0203. The number of amides is 2. The highest BCUT2D eigenvalue weighted by atomic mass is 32.1. The second-order valence-corrected chi connectivity index (χ2v) is 13.9. The Morgan fingerprint density at radius 2 is 1.81 bits per heavy atom. The Kier molecular flexibility index (Phi) is 8.69. The number of rotatable bonds is 9. The molecular formula is C32H38N12O3S. The monoisotopic (exact) mass is 670 g/mol. The molecule has 2 aliphatic carbocycles. The number of hydrogen-bond acceptors (Lipinski definition) is 12. The minimum Gasteiger partial charge on any atom is -0.465 e. The molecule has 1 unspecified atom stereocenters. The lowest BCUT2D eigenvalue weighted by atomic mass is 9.90. The molecule has 1 aliphatic heterocycles. The molecule has 15 nitrogen and oxygen atoms in total. The van der Waals surface area contributed by atoms with E-state index in [1.807, 2.05) is 18.2 Å². The van der Waals surface area contributed by atoms with Gasteiger partial charge in [-0.15, -0.1) is 15.3 Å². The molecule has 0 aromatic carbocycles. The molecule has 0 radical (unpaired) electrons. The second kappa shape index (κ2) is 13.2. The number of anilines is 3. The van der Waals surface area contributed by atoms with Gasteiger partial charge in [-0.3, -0.25) is 9.78 Å². The molecule has 1 saturated heterocycles. The number of aromatic nitrogens is 6. The minimum atomic E-state index is -1.04. The fourth-order valence-corrected chi connectivity index (χ4v) is 8.30. The van der Waals surface area contributed by atoms with Crippen LogP contribution in [0.3, 0.4) is 0 Å². The number of fused-ring (bicyclic) bond motifs is 3. The van der Waals surface area contributed by atoms with E-state index in [1.165, 1.54) is 11.3 Å². The number of nitriles is 1. The van der Waals surface area contributed by atoms with Crippen molar-refractivity contribution >= 4 is 45.6 Å². The summed E-state index contributed by atoms with van der Waals surface area (Å²) in [6.07, 6.45) is 8.13. The number of carbonyl (C=O) groups excluding carboxylic acids is 1. The van der Waals surface area contributed by atoms with E-state index in [0.717, 1.165) is 73.5 Å². The van der Waals surface area contributed by atoms with Gasteiger partial charge < -0.3 is 31.3 Å². The third kappa shape index (κ3) is 6.42. The molecule has 250 valence electrons. The normalized spacial score (nSPS) is 24.1. The topological polar surface area (TPSA) is 198 Å². The summed E-state index contributed by atoms with van der Waals surface area (Å²) < 4.78 is 1.76. The van der Waals surface area contributed by atoms with Gasteiger partial charge in [0, 0.05) is 44.0 Å². The lowest BCUT2D eigenvalue weighted by Crippen LogP contribution is -2.52. The summed E-state index contributed by atoms with van der Waals surface area (Å²) in [6, 6.07) is 7.37. The van der Waals surface area contributed by atoms with Gasteiger partial charge >= 0.3 is 6.09 Å². The number of pyridine rings is 1. The molecule has 48 heavy (non-hydrogen) atoms. The Balaban J connectivity index is 1.15. The largest absolute Gasteiger partial charge is 0.465 e. The van der Waals surface area contributed by atoms with Crippen LogP contribution in [0.25, 0.3) is 27.5 Å². The predicted molar refractivity (Wildman–Crippen MR) is 181 cm³/mol. The third-order valence-corrected chi connectivity index (χ3v) is 10.7. The van der Waals surface area contributed by atoms with Crippen LogP contribution in [-0.2, 0) is 4.79 Å². The summed E-state index contributed by atoms with van der Waals surface area (Å²) in [4.78, 5) is 34.7. The second-order valence-electron chi connectivity index (χ2n) is 13.0. The van der Waals surface area contributed by atoms with Crippen molar-refractivity contribution in [3.05, 3.63) is 30.6 Å². The first-order chi connectivity index (χ1) is 23.2. The molecule has 0 spiro atoms. The summed E-state index contributed by atoms with van der Waals surface area (Å²) >= 11 is 1.49. The number of hydrogen-bond donors (Lipinski definition) is 5. The van der Waals surface area contributed by atoms with Crippen LogP contribution in [0, 0.1) is 23.2 Å². The van der Waals surface area contributed by atoms with Gasteiger partial charge in [0.15, 0.2) is 5.01 Å². The SMILES string of the molecule is CC(=O)NC1[C@@H]2CC[C@H]1CN(c1nnc(-c3cnc(-c4ccc5cnc(N[C@@H]6CCCC[C@@H]6NC(=O)O)nn45)cc3N[C@H](C)C#N)s1)C2. The number of carbonyl (C=O) groups is 2. The van der Waals surface area contributed by atoms with Gasteiger partial charge in [0.25, 0.3) is 0 Å². The molecule has 3 fully saturated rings. The van der Waals surface area contributed by atoms with E-state index in [2.05, 4.69) is 47.4 Å². The maximum Gasteiger partial charge on any atom is 0.404 e. The maximum absolute atomic E-state index is 11.8. The first-order valence-electron chi connectivity index (χ1n) is 16.4. The maximum atomic E-state index is 11.8. The summed E-state index contributed by atoms with van der Waals surface area (Å²) in [6.45, 7) is 5.01. The van der Waals surface area contributed by atoms with E-state index in [1.54, 1.807) is 30.8 Å². The van der Waals surface area contributed by atoms with Crippen LogP contribution in [-0.4, -0.2) is 84.1 Å². The van der Waals surface area contributed by atoms with E-state index in [-0.39, 0.29) is 24.0 Å². The summed E-state index contributed by atoms with van der Waals surface area (Å²) in [5.74, 6) is 1.19. The average Bonchev–Trinajstić information content (AvgIpc) is 3.77. The molecule has 2 saturated carbocycles. The van der Waals surface area contributed by atoms with Crippen LogP contribution >= 0.6 is 11.3 Å². The van der Waals surface area contributed by atoms with E-state index in [0.29, 0.717) is 34.2 Å². The van der Waals surface area contributed by atoms with Gasteiger partial charge in [-0.2, -0.15) is 5.26 Å². The lowest BCUT2D eigenvalue weighted by molar-refractivity contribution is -0.120. The van der Waals surface area contributed by atoms with Crippen molar-refractivity contribution in [2.45, 2.75) is 76.5 Å². The highest BCUT2D eigenvalue weighted by Crippen LogP contribution is 2.41. The fraction of sp³-hybridized carbons (Fsp3) is 0.500. The zero-order valence-corrected chi connectivity index (χ0v) is 27.6.